The highest BCUT2D eigenvalue weighted by Crippen LogP contribution is 2.43. The second-order valence-corrected chi connectivity index (χ2v) is 16.8. The molecule has 61 heavy (non-hydrogen) atoms. The van der Waals surface area contributed by atoms with Crippen molar-refractivity contribution in [3.63, 3.8) is 0 Å². The monoisotopic (exact) mass is 795 g/mol. The van der Waals surface area contributed by atoms with Crippen LogP contribution in [0.2, 0.25) is 0 Å². The van der Waals surface area contributed by atoms with E-state index in [1.807, 2.05) is 23.5 Å². The molecule has 0 atom stereocenters. The fraction of sp³-hybridized carbons (Fsp3) is 0. The van der Waals surface area contributed by atoms with Crippen LogP contribution in [0.25, 0.3) is 97.4 Å². The zero-order valence-corrected chi connectivity index (χ0v) is 33.9. The Kier molecular flexibility index (Phi) is 8.39. The molecule has 0 spiro atoms. The van der Waals surface area contributed by atoms with E-state index in [4.69, 9.17) is 4.42 Å². The van der Waals surface area contributed by atoms with Gasteiger partial charge in [0, 0.05) is 48.0 Å². The fourth-order valence-corrected chi connectivity index (χ4v) is 10.3. The van der Waals surface area contributed by atoms with E-state index in [9.17, 15) is 0 Å². The van der Waals surface area contributed by atoms with Crippen LogP contribution in [0, 0.1) is 0 Å². The van der Waals surface area contributed by atoms with E-state index in [-0.39, 0.29) is 0 Å². The zero-order chi connectivity index (χ0) is 40.3. The molecular weight excluding hydrogens is 759 g/mol. The van der Waals surface area contributed by atoms with Crippen molar-refractivity contribution in [3.8, 4) is 44.5 Å². The van der Waals surface area contributed by atoms with Crippen molar-refractivity contribution in [1.29, 1.82) is 0 Å². The summed E-state index contributed by atoms with van der Waals surface area (Å²) in [6.07, 6.45) is 0. The van der Waals surface area contributed by atoms with Gasteiger partial charge in [-0.1, -0.05) is 152 Å². The minimum Gasteiger partial charge on any atom is -0.456 e. The van der Waals surface area contributed by atoms with Gasteiger partial charge in [0.25, 0.3) is 0 Å². The molecule has 12 aromatic rings. The maximum absolute atomic E-state index is 6.33. The van der Waals surface area contributed by atoms with Gasteiger partial charge in [-0.15, -0.1) is 11.3 Å². The van der Waals surface area contributed by atoms with E-state index >= 15 is 0 Å². The van der Waals surface area contributed by atoms with Crippen LogP contribution in [-0.4, -0.2) is 0 Å². The van der Waals surface area contributed by atoms with Crippen LogP contribution >= 0.6 is 11.3 Å². The lowest BCUT2D eigenvalue weighted by Gasteiger charge is -2.27. The summed E-state index contributed by atoms with van der Waals surface area (Å²) in [5, 5.41) is 7.36. The fourth-order valence-electron chi connectivity index (χ4n) is 9.04. The Hall–Kier alpha value is -7.72. The summed E-state index contributed by atoms with van der Waals surface area (Å²) >= 11 is 1.87. The van der Waals surface area contributed by atoms with E-state index in [2.05, 4.69) is 217 Å². The van der Waals surface area contributed by atoms with Gasteiger partial charge in [0.15, 0.2) is 0 Å². The van der Waals surface area contributed by atoms with Gasteiger partial charge in [-0.25, -0.2) is 0 Å². The largest absolute Gasteiger partial charge is 0.456 e. The highest BCUT2D eigenvalue weighted by Gasteiger charge is 2.17. The van der Waals surface area contributed by atoms with Gasteiger partial charge < -0.3 is 9.32 Å². The van der Waals surface area contributed by atoms with Gasteiger partial charge >= 0.3 is 0 Å². The minimum atomic E-state index is 0.891. The molecule has 0 aliphatic carbocycles. The van der Waals surface area contributed by atoms with Crippen molar-refractivity contribution < 1.29 is 4.42 Å². The summed E-state index contributed by atoms with van der Waals surface area (Å²) in [4.78, 5) is 2.39. The Morgan fingerprint density at radius 1 is 0.311 bits per heavy atom. The third kappa shape index (κ3) is 6.26. The number of fused-ring (bicyclic) bond motifs is 7. The molecule has 0 radical (unpaired) electrons. The molecule has 2 nitrogen and oxygen atoms in total. The molecule has 286 valence electrons. The third-order valence-corrected chi connectivity index (χ3v) is 13.2. The molecule has 0 saturated carbocycles. The zero-order valence-electron chi connectivity index (χ0n) is 33.1. The SMILES string of the molecule is c1cc(-c2cccc(N(c3cccc(-c4ccc5ccccc5c4)c3)c3cccc(-c4ccc5c(c4)oc4ccccc45)c3)c2)cc(-c2cccc3c2sc2ccccc23)c1. The first-order chi connectivity index (χ1) is 30.2. The number of hydrogen-bond acceptors (Lipinski definition) is 3. The predicted molar refractivity (Wildman–Crippen MR) is 261 cm³/mol. The summed E-state index contributed by atoms with van der Waals surface area (Å²) < 4.78 is 8.97. The predicted octanol–water partition coefficient (Wildman–Crippen LogP) is 17.2. The lowest BCUT2D eigenvalue weighted by Crippen LogP contribution is -2.10. The molecule has 0 aliphatic heterocycles. The van der Waals surface area contributed by atoms with E-state index in [1.54, 1.807) is 0 Å². The molecule has 0 N–H and O–H groups in total. The number of para-hydroxylation sites is 1. The van der Waals surface area contributed by atoms with E-state index in [0.29, 0.717) is 0 Å². The smallest absolute Gasteiger partial charge is 0.136 e. The first kappa shape index (κ1) is 35.2. The number of anilines is 3. The van der Waals surface area contributed by atoms with Crippen LogP contribution in [-0.2, 0) is 0 Å². The van der Waals surface area contributed by atoms with E-state index in [0.717, 1.165) is 55.7 Å². The molecule has 0 fully saturated rings. The van der Waals surface area contributed by atoms with Crippen molar-refractivity contribution >= 4 is 81.3 Å². The van der Waals surface area contributed by atoms with E-state index < -0.39 is 0 Å². The average molecular weight is 796 g/mol. The quantitative estimate of drug-likeness (QED) is 0.160. The molecule has 0 bridgehead atoms. The number of rotatable bonds is 7. The molecule has 0 unspecified atom stereocenters. The van der Waals surface area contributed by atoms with Gasteiger partial charge in [-0.2, -0.15) is 0 Å². The molecule has 10 aromatic carbocycles. The van der Waals surface area contributed by atoms with Crippen molar-refractivity contribution in [2.24, 2.45) is 0 Å². The number of thiophene rings is 1. The van der Waals surface area contributed by atoms with Crippen LogP contribution in [0.3, 0.4) is 0 Å². The lowest BCUT2D eigenvalue weighted by molar-refractivity contribution is 0.669. The molecule has 12 rings (SSSR count). The molecule has 3 heteroatoms. The normalized spacial score (nSPS) is 11.6. The molecule has 0 aliphatic rings. The van der Waals surface area contributed by atoms with Crippen LogP contribution in [0.1, 0.15) is 0 Å². The Balaban J connectivity index is 0.980. The van der Waals surface area contributed by atoms with Gasteiger partial charge in [-0.3, -0.25) is 0 Å². The molecule has 2 heterocycles. The first-order valence-electron chi connectivity index (χ1n) is 20.7. The maximum Gasteiger partial charge on any atom is 0.136 e. The first-order valence-corrected chi connectivity index (χ1v) is 21.5. The summed E-state index contributed by atoms with van der Waals surface area (Å²) in [7, 11) is 0. The summed E-state index contributed by atoms with van der Waals surface area (Å²) in [5.74, 6) is 0. The van der Waals surface area contributed by atoms with Crippen molar-refractivity contribution in [3.05, 3.63) is 224 Å². The Bertz CT molecular complexity index is 3630. The Labute approximate surface area is 357 Å². The number of furan rings is 1. The highest BCUT2D eigenvalue weighted by molar-refractivity contribution is 7.26. The molecule has 0 saturated heterocycles. The second kappa shape index (κ2) is 14.5. The standard InChI is InChI=1S/C58H37NOS/c1-2-13-39-32-44(29-28-38(39)12-1)42-16-9-20-48(35-42)59(49-21-10-17-43(36-49)45-30-31-52-51-22-3-5-26-55(51)60-56(52)37-45)47-19-8-15-41(34-47)40-14-7-18-46(33-40)50-24-11-25-54-53-23-4-6-27-57(53)61-58(50)54/h1-37H. The van der Waals surface area contributed by atoms with Crippen molar-refractivity contribution in [2.75, 3.05) is 4.90 Å². The Morgan fingerprint density at radius 2 is 0.836 bits per heavy atom. The molecule has 0 amide bonds. The summed E-state index contributed by atoms with van der Waals surface area (Å²) in [5.41, 5.74) is 14.4. The maximum atomic E-state index is 6.33. The van der Waals surface area contributed by atoms with Gasteiger partial charge in [-0.05, 0) is 128 Å². The Morgan fingerprint density at radius 3 is 1.59 bits per heavy atom. The summed E-state index contributed by atoms with van der Waals surface area (Å²) in [6.45, 7) is 0. The lowest BCUT2D eigenvalue weighted by atomic mass is 9.97. The van der Waals surface area contributed by atoms with Gasteiger partial charge in [0.2, 0.25) is 0 Å². The summed E-state index contributed by atoms with van der Waals surface area (Å²) in [6, 6.07) is 81.3. The number of nitrogens with zero attached hydrogens (tertiary/aromatic N) is 1. The molecule has 2 aromatic heterocycles. The molecular formula is C58H37NOS. The highest BCUT2D eigenvalue weighted by atomic mass is 32.1. The van der Waals surface area contributed by atoms with Crippen LogP contribution in [0.15, 0.2) is 229 Å². The number of benzene rings is 10. The second-order valence-electron chi connectivity index (χ2n) is 15.7. The average Bonchev–Trinajstić information content (AvgIpc) is 3.90. The minimum absolute atomic E-state index is 0.891. The van der Waals surface area contributed by atoms with E-state index in [1.165, 1.54) is 58.8 Å². The van der Waals surface area contributed by atoms with Crippen LogP contribution in [0.4, 0.5) is 17.1 Å². The van der Waals surface area contributed by atoms with Gasteiger partial charge in [0.1, 0.15) is 11.2 Å². The third-order valence-electron chi connectivity index (χ3n) is 12.0. The van der Waals surface area contributed by atoms with Crippen molar-refractivity contribution in [1.82, 2.24) is 0 Å². The number of hydrogen-bond donors (Lipinski definition) is 0. The van der Waals surface area contributed by atoms with Crippen molar-refractivity contribution in [2.45, 2.75) is 0 Å². The van der Waals surface area contributed by atoms with Crippen LogP contribution < -0.4 is 4.90 Å². The van der Waals surface area contributed by atoms with Crippen LogP contribution in [0.5, 0.6) is 0 Å². The topological polar surface area (TPSA) is 16.4 Å². The van der Waals surface area contributed by atoms with Gasteiger partial charge in [0.05, 0.1) is 0 Å².